The summed E-state index contributed by atoms with van der Waals surface area (Å²) in [6.07, 6.45) is -0.771. The van der Waals surface area contributed by atoms with Crippen molar-refractivity contribution in [3.05, 3.63) is 71.8 Å². The Morgan fingerprint density at radius 3 is 2.24 bits per heavy atom. The van der Waals surface area contributed by atoms with Gasteiger partial charge in [0.25, 0.3) is 0 Å². The first kappa shape index (κ1) is 15.2. The van der Waals surface area contributed by atoms with E-state index in [1.807, 2.05) is 60.7 Å². The van der Waals surface area contributed by atoms with Crippen LogP contribution in [0.1, 0.15) is 17.2 Å². The number of rotatable bonds is 7. The maximum atomic E-state index is 11.8. The number of hydrogen-bond acceptors (Lipinski definition) is 4. The van der Waals surface area contributed by atoms with E-state index in [4.69, 9.17) is 14.2 Å². The molecular formula is C17H18O4. The van der Waals surface area contributed by atoms with Crippen LogP contribution in [0.5, 0.6) is 0 Å². The van der Waals surface area contributed by atoms with Gasteiger partial charge in [0.15, 0.2) is 6.10 Å². The molecule has 0 radical (unpaired) electrons. The number of benzene rings is 2. The van der Waals surface area contributed by atoms with E-state index in [9.17, 15) is 4.79 Å². The smallest absolute Gasteiger partial charge is 0.339 e. The Kier molecular flexibility index (Phi) is 5.94. The normalized spacial score (nSPS) is 11.9. The topological polar surface area (TPSA) is 44.8 Å². The molecule has 2 rings (SSSR count). The second-order valence-corrected chi connectivity index (χ2v) is 4.43. The molecule has 0 aromatic heterocycles. The monoisotopic (exact) mass is 286 g/mol. The molecule has 0 saturated heterocycles. The molecule has 0 unspecified atom stereocenters. The molecule has 0 aliphatic rings. The van der Waals surface area contributed by atoms with Gasteiger partial charge in [-0.3, -0.25) is 0 Å². The summed E-state index contributed by atoms with van der Waals surface area (Å²) in [4.78, 5) is 11.8. The molecule has 0 aliphatic heterocycles. The van der Waals surface area contributed by atoms with Gasteiger partial charge in [-0.25, -0.2) is 4.79 Å². The average molecular weight is 286 g/mol. The largest absolute Gasteiger partial charge is 0.467 e. The highest BCUT2D eigenvalue weighted by Gasteiger charge is 2.21. The highest BCUT2D eigenvalue weighted by molar-refractivity contribution is 5.76. The maximum Gasteiger partial charge on any atom is 0.339 e. The van der Waals surface area contributed by atoms with E-state index in [2.05, 4.69) is 0 Å². The van der Waals surface area contributed by atoms with Crippen LogP contribution in [0, 0.1) is 0 Å². The molecule has 110 valence electrons. The lowest BCUT2D eigenvalue weighted by atomic mass is 10.1. The van der Waals surface area contributed by atoms with E-state index in [0.717, 1.165) is 11.1 Å². The molecule has 2 aromatic rings. The van der Waals surface area contributed by atoms with Gasteiger partial charge in [0, 0.05) is 0 Å². The SMILES string of the molecule is COC(=O)[C@H](OCOCc1ccccc1)c1ccccc1. The first-order chi connectivity index (χ1) is 10.3. The summed E-state index contributed by atoms with van der Waals surface area (Å²) in [7, 11) is 1.34. The Morgan fingerprint density at radius 1 is 1.00 bits per heavy atom. The summed E-state index contributed by atoms with van der Waals surface area (Å²) in [6.45, 7) is 0.451. The molecule has 0 fully saturated rings. The van der Waals surface area contributed by atoms with Crippen LogP contribution in [0.3, 0.4) is 0 Å². The number of methoxy groups -OCH3 is 1. The van der Waals surface area contributed by atoms with Crippen LogP contribution in [0.2, 0.25) is 0 Å². The third-order valence-electron chi connectivity index (χ3n) is 2.95. The summed E-state index contributed by atoms with van der Waals surface area (Å²) in [5.74, 6) is -0.440. The summed E-state index contributed by atoms with van der Waals surface area (Å²) < 4.78 is 15.7. The lowest BCUT2D eigenvalue weighted by Crippen LogP contribution is -2.19. The van der Waals surface area contributed by atoms with Crippen LogP contribution in [0.4, 0.5) is 0 Å². The number of carbonyl (C=O) groups is 1. The minimum atomic E-state index is -0.771. The zero-order valence-electron chi connectivity index (χ0n) is 11.9. The third-order valence-corrected chi connectivity index (χ3v) is 2.95. The van der Waals surface area contributed by atoms with E-state index < -0.39 is 12.1 Å². The molecule has 0 heterocycles. The number of hydrogen-bond donors (Lipinski definition) is 0. The fraction of sp³-hybridized carbons (Fsp3) is 0.235. The van der Waals surface area contributed by atoms with Gasteiger partial charge in [-0.1, -0.05) is 60.7 Å². The van der Waals surface area contributed by atoms with E-state index in [0.29, 0.717) is 6.61 Å². The summed E-state index contributed by atoms with van der Waals surface area (Å²) in [5.41, 5.74) is 1.79. The van der Waals surface area contributed by atoms with Crippen molar-refractivity contribution < 1.29 is 19.0 Å². The molecule has 2 aromatic carbocycles. The minimum absolute atomic E-state index is 0.0174. The molecule has 21 heavy (non-hydrogen) atoms. The molecular weight excluding hydrogens is 268 g/mol. The quantitative estimate of drug-likeness (QED) is 0.446. The van der Waals surface area contributed by atoms with Crippen molar-refractivity contribution in [1.29, 1.82) is 0 Å². The van der Waals surface area contributed by atoms with Gasteiger partial charge in [0.2, 0.25) is 0 Å². The van der Waals surface area contributed by atoms with Gasteiger partial charge in [0.05, 0.1) is 13.7 Å². The molecule has 0 N–H and O–H groups in total. The molecule has 4 heteroatoms. The first-order valence-corrected chi connectivity index (χ1v) is 6.67. The van der Waals surface area contributed by atoms with E-state index in [-0.39, 0.29) is 6.79 Å². The van der Waals surface area contributed by atoms with Gasteiger partial charge in [-0.05, 0) is 11.1 Å². The molecule has 0 aliphatic carbocycles. The Bertz CT molecular complexity index is 539. The fourth-order valence-electron chi connectivity index (χ4n) is 1.89. The molecule has 1 atom stereocenters. The lowest BCUT2D eigenvalue weighted by molar-refractivity contribution is -0.166. The van der Waals surface area contributed by atoms with Crippen molar-refractivity contribution in [2.45, 2.75) is 12.7 Å². The second-order valence-electron chi connectivity index (χ2n) is 4.43. The summed E-state index contributed by atoms with van der Waals surface area (Å²) >= 11 is 0. The van der Waals surface area contributed by atoms with Gasteiger partial charge in [-0.2, -0.15) is 0 Å². The van der Waals surface area contributed by atoms with E-state index in [1.165, 1.54) is 7.11 Å². The fourth-order valence-corrected chi connectivity index (χ4v) is 1.89. The number of carbonyl (C=O) groups excluding carboxylic acids is 1. The van der Waals surface area contributed by atoms with Gasteiger partial charge < -0.3 is 14.2 Å². The minimum Gasteiger partial charge on any atom is -0.467 e. The van der Waals surface area contributed by atoms with E-state index in [1.54, 1.807) is 0 Å². The molecule has 0 saturated carbocycles. The highest BCUT2D eigenvalue weighted by Crippen LogP contribution is 2.18. The standard InChI is InChI=1S/C17H18O4/c1-19-17(18)16(15-10-6-3-7-11-15)21-13-20-12-14-8-4-2-5-9-14/h2-11,16H,12-13H2,1H3/t16-/m1/s1. The van der Waals surface area contributed by atoms with Crippen LogP contribution in [-0.2, 0) is 25.6 Å². The zero-order valence-corrected chi connectivity index (χ0v) is 11.9. The van der Waals surface area contributed by atoms with Crippen LogP contribution in [0.15, 0.2) is 60.7 Å². The number of ether oxygens (including phenoxy) is 3. The van der Waals surface area contributed by atoms with Gasteiger partial charge in [-0.15, -0.1) is 0 Å². The Balaban J connectivity index is 1.87. The van der Waals surface area contributed by atoms with Crippen LogP contribution >= 0.6 is 0 Å². The average Bonchev–Trinajstić information content (AvgIpc) is 2.56. The summed E-state index contributed by atoms with van der Waals surface area (Å²) in [6, 6.07) is 19.0. The number of esters is 1. The third kappa shape index (κ3) is 4.70. The molecule has 0 spiro atoms. The van der Waals surface area contributed by atoms with Crippen LogP contribution in [0.25, 0.3) is 0 Å². The van der Waals surface area contributed by atoms with E-state index >= 15 is 0 Å². The van der Waals surface area contributed by atoms with Crippen molar-refractivity contribution in [2.24, 2.45) is 0 Å². The Morgan fingerprint density at radius 2 is 1.62 bits per heavy atom. The highest BCUT2D eigenvalue weighted by atomic mass is 16.7. The van der Waals surface area contributed by atoms with Crippen molar-refractivity contribution in [2.75, 3.05) is 13.9 Å². The van der Waals surface area contributed by atoms with Crippen molar-refractivity contribution >= 4 is 5.97 Å². The van der Waals surface area contributed by atoms with Crippen molar-refractivity contribution in [3.63, 3.8) is 0 Å². The summed E-state index contributed by atoms with van der Waals surface area (Å²) in [5, 5.41) is 0. The lowest BCUT2D eigenvalue weighted by Gasteiger charge is -2.16. The Labute approximate surface area is 124 Å². The first-order valence-electron chi connectivity index (χ1n) is 6.67. The predicted octanol–water partition coefficient (Wildman–Crippen LogP) is 3.09. The second kappa shape index (κ2) is 8.19. The predicted molar refractivity (Wildman–Crippen MR) is 78.4 cm³/mol. The van der Waals surface area contributed by atoms with Crippen LogP contribution < -0.4 is 0 Å². The Hall–Kier alpha value is -2.17. The van der Waals surface area contributed by atoms with Gasteiger partial charge >= 0.3 is 5.97 Å². The van der Waals surface area contributed by atoms with Crippen molar-refractivity contribution in [3.8, 4) is 0 Å². The molecule has 0 amide bonds. The molecule has 4 nitrogen and oxygen atoms in total. The van der Waals surface area contributed by atoms with Crippen molar-refractivity contribution in [1.82, 2.24) is 0 Å². The van der Waals surface area contributed by atoms with Crippen LogP contribution in [-0.4, -0.2) is 19.9 Å². The zero-order chi connectivity index (χ0) is 14.9. The van der Waals surface area contributed by atoms with Gasteiger partial charge in [0.1, 0.15) is 6.79 Å². The molecule has 0 bridgehead atoms. The maximum absolute atomic E-state index is 11.8.